The van der Waals surface area contributed by atoms with Gasteiger partial charge in [-0.15, -0.1) is 11.3 Å². The van der Waals surface area contributed by atoms with Crippen LogP contribution in [0.25, 0.3) is 0 Å². The molecule has 1 unspecified atom stereocenters. The van der Waals surface area contributed by atoms with Crippen molar-refractivity contribution in [3.05, 3.63) is 88.6 Å². The number of carbonyl (C=O) groups excluding carboxylic acids is 2. The van der Waals surface area contributed by atoms with E-state index >= 15 is 0 Å². The summed E-state index contributed by atoms with van der Waals surface area (Å²) in [4.78, 5) is 26.9. The second kappa shape index (κ2) is 6.45. The SMILES string of the molecule is O=C(c1ccccc1)C1C(=O)N(c2ccccc2)N=C1c1cccs1. The van der Waals surface area contributed by atoms with E-state index in [9.17, 15) is 9.59 Å². The predicted octanol–water partition coefficient (Wildman–Crippen LogP) is 4.00. The number of rotatable bonds is 4. The topological polar surface area (TPSA) is 49.7 Å². The van der Waals surface area contributed by atoms with E-state index in [1.807, 2.05) is 53.9 Å². The molecule has 1 amide bonds. The van der Waals surface area contributed by atoms with Crippen molar-refractivity contribution in [3.8, 4) is 0 Å². The molecule has 2 aromatic carbocycles. The summed E-state index contributed by atoms with van der Waals surface area (Å²) in [6.45, 7) is 0. The molecule has 0 saturated heterocycles. The van der Waals surface area contributed by atoms with E-state index in [1.165, 1.54) is 16.3 Å². The van der Waals surface area contributed by atoms with E-state index in [4.69, 9.17) is 0 Å². The molecule has 0 saturated carbocycles. The third-order valence-electron chi connectivity index (χ3n) is 4.03. The first-order valence-electron chi connectivity index (χ1n) is 7.86. The molecule has 0 fully saturated rings. The first-order chi connectivity index (χ1) is 12.3. The van der Waals surface area contributed by atoms with E-state index in [0.29, 0.717) is 17.0 Å². The van der Waals surface area contributed by atoms with E-state index in [0.717, 1.165) is 4.88 Å². The Kier molecular flexibility index (Phi) is 3.99. The highest BCUT2D eigenvalue weighted by Crippen LogP contribution is 2.30. The Morgan fingerprint density at radius 1 is 0.920 bits per heavy atom. The maximum Gasteiger partial charge on any atom is 0.264 e. The lowest BCUT2D eigenvalue weighted by molar-refractivity contribution is -0.118. The zero-order valence-electron chi connectivity index (χ0n) is 13.2. The van der Waals surface area contributed by atoms with Crippen LogP contribution >= 0.6 is 11.3 Å². The second-order valence-electron chi connectivity index (χ2n) is 5.61. The van der Waals surface area contributed by atoms with Crippen LogP contribution < -0.4 is 5.01 Å². The molecule has 0 radical (unpaired) electrons. The summed E-state index contributed by atoms with van der Waals surface area (Å²) in [6.07, 6.45) is 0. The molecule has 4 nitrogen and oxygen atoms in total. The molecular formula is C20H14N2O2S. The van der Waals surface area contributed by atoms with E-state index in [1.54, 1.807) is 24.3 Å². The summed E-state index contributed by atoms with van der Waals surface area (Å²) < 4.78 is 0. The van der Waals surface area contributed by atoms with Crippen LogP contribution in [0.5, 0.6) is 0 Å². The second-order valence-corrected chi connectivity index (χ2v) is 6.56. The molecule has 1 aromatic heterocycles. The van der Waals surface area contributed by atoms with Crippen LogP contribution in [0.3, 0.4) is 0 Å². The number of para-hydroxylation sites is 1. The molecule has 3 aromatic rings. The summed E-state index contributed by atoms with van der Waals surface area (Å²) in [6, 6.07) is 21.8. The van der Waals surface area contributed by atoms with Crippen molar-refractivity contribution in [2.24, 2.45) is 11.0 Å². The normalized spacial score (nSPS) is 16.8. The van der Waals surface area contributed by atoms with Crippen molar-refractivity contribution in [1.29, 1.82) is 0 Å². The van der Waals surface area contributed by atoms with Crippen LogP contribution in [0.2, 0.25) is 0 Å². The molecule has 25 heavy (non-hydrogen) atoms. The van der Waals surface area contributed by atoms with Gasteiger partial charge in [-0.3, -0.25) is 9.59 Å². The summed E-state index contributed by atoms with van der Waals surface area (Å²) in [7, 11) is 0. The maximum absolute atomic E-state index is 13.0. The van der Waals surface area contributed by atoms with Gasteiger partial charge >= 0.3 is 0 Å². The molecule has 4 rings (SSSR count). The van der Waals surface area contributed by atoms with Gasteiger partial charge < -0.3 is 0 Å². The number of hydrogen-bond donors (Lipinski definition) is 0. The fourth-order valence-electron chi connectivity index (χ4n) is 2.83. The molecule has 0 N–H and O–H groups in total. The average Bonchev–Trinajstić information content (AvgIpc) is 3.30. The molecular weight excluding hydrogens is 332 g/mol. The largest absolute Gasteiger partial charge is 0.293 e. The average molecular weight is 346 g/mol. The molecule has 0 spiro atoms. The van der Waals surface area contributed by atoms with Gasteiger partial charge in [0.1, 0.15) is 5.92 Å². The Hall–Kier alpha value is -3.05. The third kappa shape index (κ3) is 2.79. The van der Waals surface area contributed by atoms with Gasteiger partial charge in [0.25, 0.3) is 5.91 Å². The lowest BCUT2D eigenvalue weighted by Gasteiger charge is -2.13. The number of amides is 1. The Bertz CT molecular complexity index is 934. The number of Topliss-reactive ketones (excluding diaryl/α,β-unsaturated/α-hetero) is 1. The van der Waals surface area contributed by atoms with Crippen LogP contribution in [0.15, 0.2) is 83.3 Å². The number of hydrazone groups is 1. The molecule has 1 atom stereocenters. The van der Waals surface area contributed by atoms with Crippen molar-refractivity contribution in [2.45, 2.75) is 0 Å². The Morgan fingerprint density at radius 2 is 1.60 bits per heavy atom. The van der Waals surface area contributed by atoms with Gasteiger partial charge in [-0.1, -0.05) is 54.6 Å². The smallest absolute Gasteiger partial charge is 0.264 e. The number of carbonyl (C=O) groups is 2. The fraction of sp³-hybridized carbons (Fsp3) is 0.0500. The fourth-order valence-corrected chi connectivity index (χ4v) is 3.57. The van der Waals surface area contributed by atoms with Gasteiger partial charge in [-0.05, 0) is 23.6 Å². The van der Waals surface area contributed by atoms with Crippen LogP contribution in [0, 0.1) is 5.92 Å². The molecule has 1 aliphatic heterocycles. The number of thiophene rings is 1. The van der Waals surface area contributed by atoms with Crippen molar-refractivity contribution >= 4 is 34.4 Å². The number of hydrogen-bond acceptors (Lipinski definition) is 4. The zero-order valence-corrected chi connectivity index (χ0v) is 14.0. The van der Waals surface area contributed by atoms with Crippen molar-refractivity contribution in [3.63, 3.8) is 0 Å². The lowest BCUT2D eigenvalue weighted by atomic mass is 9.92. The van der Waals surface area contributed by atoms with Crippen LogP contribution in [-0.4, -0.2) is 17.4 Å². The molecule has 122 valence electrons. The molecule has 0 aliphatic carbocycles. The molecule has 5 heteroatoms. The van der Waals surface area contributed by atoms with Gasteiger partial charge in [-0.2, -0.15) is 10.1 Å². The molecule has 1 aliphatic rings. The first-order valence-corrected chi connectivity index (χ1v) is 8.74. The number of anilines is 1. The highest BCUT2D eigenvalue weighted by molar-refractivity contribution is 7.12. The first kappa shape index (κ1) is 15.5. The van der Waals surface area contributed by atoms with Crippen molar-refractivity contribution in [2.75, 3.05) is 5.01 Å². The zero-order chi connectivity index (χ0) is 17.2. The van der Waals surface area contributed by atoms with E-state index in [-0.39, 0.29) is 11.7 Å². The molecule has 0 bridgehead atoms. The highest BCUT2D eigenvalue weighted by Gasteiger charge is 2.42. The van der Waals surface area contributed by atoms with Gasteiger partial charge in [0.2, 0.25) is 0 Å². The maximum atomic E-state index is 13.0. The van der Waals surface area contributed by atoms with Crippen LogP contribution in [0.4, 0.5) is 5.69 Å². The predicted molar refractivity (Wildman–Crippen MR) is 99.0 cm³/mol. The summed E-state index contributed by atoms with van der Waals surface area (Å²) in [5.41, 5.74) is 1.68. The Balaban J connectivity index is 1.78. The third-order valence-corrected chi connectivity index (χ3v) is 4.92. The van der Waals surface area contributed by atoms with Gasteiger partial charge in [-0.25, -0.2) is 0 Å². The Labute approximate surface area is 149 Å². The summed E-state index contributed by atoms with van der Waals surface area (Å²) in [5.74, 6) is -1.46. The van der Waals surface area contributed by atoms with Crippen LogP contribution in [-0.2, 0) is 4.79 Å². The van der Waals surface area contributed by atoms with E-state index < -0.39 is 5.92 Å². The van der Waals surface area contributed by atoms with Crippen molar-refractivity contribution < 1.29 is 9.59 Å². The van der Waals surface area contributed by atoms with E-state index in [2.05, 4.69) is 5.10 Å². The molecule has 2 heterocycles. The number of nitrogens with zero attached hydrogens (tertiary/aromatic N) is 2. The summed E-state index contributed by atoms with van der Waals surface area (Å²) >= 11 is 1.47. The monoisotopic (exact) mass is 346 g/mol. The number of ketones is 1. The van der Waals surface area contributed by atoms with Gasteiger partial charge in [0.15, 0.2) is 5.78 Å². The quantitative estimate of drug-likeness (QED) is 0.530. The Morgan fingerprint density at radius 3 is 2.24 bits per heavy atom. The minimum absolute atomic E-state index is 0.226. The van der Waals surface area contributed by atoms with Gasteiger partial charge in [0.05, 0.1) is 16.3 Å². The van der Waals surface area contributed by atoms with Crippen molar-refractivity contribution in [1.82, 2.24) is 0 Å². The van der Waals surface area contributed by atoms with Gasteiger partial charge in [0, 0.05) is 5.56 Å². The standard InChI is InChI=1S/C20H14N2O2S/c23-19(14-8-3-1-4-9-14)17-18(16-12-7-13-25-16)21-22(20(17)24)15-10-5-2-6-11-15/h1-13,17H. The minimum Gasteiger partial charge on any atom is -0.293 e. The summed E-state index contributed by atoms with van der Waals surface area (Å²) in [5, 5.41) is 7.75. The number of benzene rings is 2. The lowest BCUT2D eigenvalue weighted by Crippen LogP contribution is -2.33. The van der Waals surface area contributed by atoms with Crippen LogP contribution in [0.1, 0.15) is 15.2 Å². The minimum atomic E-state index is -0.916. The highest BCUT2D eigenvalue weighted by atomic mass is 32.1.